The number of hydrogen-bond acceptors (Lipinski definition) is 2. The molecule has 2 aromatic rings. The molecule has 0 radical (unpaired) electrons. The maximum absolute atomic E-state index is 5.76. The van der Waals surface area contributed by atoms with Gasteiger partial charge < -0.3 is 10.1 Å². The molecule has 0 amide bonds. The Hall–Kier alpha value is -1.96. The minimum absolute atomic E-state index is 0.752. The minimum Gasteiger partial charge on any atom is -0.491 e. The van der Waals surface area contributed by atoms with E-state index in [1.165, 1.54) is 16.7 Å². The number of aryl methyl sites for hydroxylation is 2. The number of ether oxygens (including phenoxy) is 1. The predicted octanol–water partition coefficient (Wildman–Crippen LogP) is 4.70. The SMILES string of the molecule is CCCOc1ccccc1NCc1ccc(C)cc1C. The second-order valence-electron chi connectivity index (χ2n) is 5.13. The van der Waals surface area contributed by atoms with E-state index in [2.05, 4.69) is 50.4 Å². The first-order chi connectivity index (χ1) is 9.70. The van der Waals surface area contributed by atoms with Crippen molar-refractivity contribution in [1.82, 2.24) is 0 Å². The Balaban J connectivity index is 2.06. The first-order valence-corrected chi connectivity index (χ1v) is 7.22. The minimum atomic E-state index is 0.752. The molecule has 0 heterocycles. The molecule has 0 saturated carbocycles. The molecule has 0 unspecified atom stereocenters. The van der Waals surface area contributed by atoms with Crippen molar-refractivity contribution in [2.24, 2.45) is 0 Å². The topological polar surface area (TPSA) is 21.3 Å². The summed E-state index contributed by atoms with van der Waals surface area (Å²) < 4.78 is 5.76. The van der Waals surface area contributed by atoms with Gasteiger partial charge in [-0.3, -0.25) is 0 Å². The summed E-state index contributed by atoms with van der Waals surface area (Å²) in [4.78, 5) is 0. The average molecular weight is 269 g/mol. The summed E-state index contributed by atoms with van der Waals surface area (Å²) in [5, 5.41) is 3.47. The monoisotopic (exact) mass is 269 g/mol. The Labute approximate surface area is 121 Å². The van der Waals surface area contributed by atoms with Crippen LogP contribution in [0.4, 0.5) is 5.69 Å². The zero-order chi connectivity index (χ0) is 14.4. The molecule has 0 aliphatic rings. The average Bonchev–Trinajstić information content (AvgIpc) is 2.45. The number of hydrogen-bond donors (Lipinski definition) is 1. The van der Waals surface area contributed by atoms with Crippen molar-refractivity contribution in [3.05, 3.63) is 59.2 Å². The molecule has 20 heavy (non-hydrogen) atoms. The van der Waals surface area contributed by atoms with Gasteiger partial charge in [-0.25, -0.2) is 0 Å². The maximum Gasteiger partial charge on any atom is 0.142 e. The van der Waals surface area contributed by atoms with Crippen molar-refractivity contribution in [2.45, 2.75) is 33.7 Å². The first-order valence-electron chi connectivity index (χ1n) is 7.22. The van der Waals surface area contributed by atoms with Gasteiger partial charge >= 0.3 is 0 Å². The smallest absolute Gasteiger partial charge is 0.142 e. The van der Waals surface area contributed by atoms with E-state index in [1.807, 2.05) is 18.2 Å². The zero-order valence-electron chi connectivity index (χ0n) is 12.6. The van der Waals surface area contributed by atoms with Crippen LogP contribution in [0.5, 0.6) is 5.75 Å². The molecule has 2 heteroatoms. The van der Waals surface area contributed by atoms with Crippen LogP contribution < -0.4 is 10.1 Å². The van der Waals surface area contributed by atoms with Crippen LogP contribution in [-0.2, 0) is 6.54 Å². The van der Waals surface area contributed by atoms with Gasteiger partial charge in [-0.15, -0.1) is 0 Å². The molecule has 0 spiro atoms. The van der Waals surface area contributed by atoms with Crippen molar-refractivity contribution in [3.63, 3.8) is 0 Å². The first kappa shape index (κ1) is 14.4. The Kier molecular flexibility index (Phi) is 5.05. The largest absolute Gasteiger partial charge is 0.491 e. The fourth-order valence-corrected chi connectivity index (χ4v) is 2.19. The highest BCUT2D eigenvalue weighted by Gasteiger charge is 2.03. The van der Waals surface area contributed by atoms with E-state index >= 15 is 0 Å². The third kappa shape index (κ3) is 3.77. The summed E-state index contributed by atoms with van der Waals surface area (Å²) in [6, 6.07) is 14.7. The number of benzene rings is 2. The lowest BCUT2D eigenvalue weighted by Gasteiger charge is -2.14. The van der Waals surface area contributed by atoms with Crippen LogP contribution in [-0.4, -0.2) is 6.61 Å². The van der Waals surface area contributed by atoms with Gasteiger partial charge in [0.05, 0.1) is 12.3 Å². The van der Waals surface area contributed by atoms with Crippen LogP contribution in [0.2, 0.25) is 0 Å². The number of nitrogens with one attached hydrogen (secondary N) is 1. The molecule has 0 atom stereocenters. The summed E-state index contributed by atoms with van der Waals surface area (Å²) >= 11 is 0. The Morgan fingerprint density at radius 2 is 1.85 bits per heavy atom. The molecule has 2 aromatic carbocycles. The second kappa shape index (κ2) is 6.99. The van der Waals surface area contributed by atoms with E-state index < -0.39 is 0 Å². The summed E-state index contributed by atoms with van der Waals surface area (Å²) in [5.41, 5.74) is 5.00. The van der Waals surface area contributed by atoms with Crippen molar-refractivity contribution in [2.75, 3.05) is 11.9 Å². The van der Waals surface area contributed by atoms with Gasteiger partial charge in [0.15, 0.2) is 0 Å². The van der Waals surface area contributed by atoms with Crippen LogP contribution in [0.25, 0.3) is 0 Å². The molecular weight excluding hydrogens is 246 g/mol. The van der Waals surface area contributed by atoms with Gasteiger partial charge in [-0.05, 0) is 43.5 Å². The summed E-state index contributed by atoms with van der Waals surface area (Å²) in [5.74, 6) is 0.930. The predicted molar refractivity (Wildman–Crippen MR) is 85.5 cm³/mol. The third-order valence-corrected chi connectivity index (χ3v) is 3.32. The molecule has 0 aliphatic heterocycles. The van der Waals surface area contributed by atoms with Crippen LogP contribution >= 0.6 is 0 Å². The summed E-state index contributed by atoms with van der Waals surface area (Å²) in [7, 11) is 0. The van der Waals surface area contributed by atoms with E-state index in [1.54, 1.807) is 0 Å². The second-order valence-corrected chi connectivity index (χ2v) is 5.13. The lowest BCUT2D eigenvalue weighted by atomic mass is 10.1. The van der Waals surface area contributed by atoms with E-state index in [-0.39, 0.29) is 0 Å². The van der Waals surface area contributed by atoms with Crippen molar-refractivity contribution < 1.29 is 4.74 Å². The summed E-state index contributed by atoms with van der Waals surface area (Å²) in [6.45, 7) is 7.97. The highest BCUT2D eigenvalue weighted by molar-refractivity contribution is 5.56. The molecule has 1 N–H and O–H groups in total. The van der Waals surface area contributed by atoms with Gasteiger partial charge in [0, 0.05) is 6.54 Å². The van der Waals surface area contributed by atoms with Gasteiger partial charge in [0.25, 0.3) is 0 Å². The lowest BCUT2D eigenvalue weighted by Crippen LogP contribution is -2.04. The quantitative estimate of drug-likeness (QED) is 0.820. The van der Waals surface area contributed by atoms with Gasteiger partial charge in [0.1, 0.15) is 5.75 Å². The molecule has 0 aromatic heterocycles. The van der Waals surface area contributed by atoms with Gasteiger partial charge in [0.2, 0.25) is 0 Å². The normalized spacial score (nSPS) is 10.3. The van der Waals surface area contributed by atoms with Crippen LogP contribution in [0.3, 0.4) is 0 Å². The van der Waals surface area contributed by atoms with E-state index in [9.17, 15) is 0 Å². The van der Waals surface area contributed by atoms with Crippen molar-refractivity contribution in [3.8, 4) is 5.75 Å². The third-order valence-electron chi connectivity index (χ3n) is 3.32. The Bertz CT molecular complexity index is 563. The molecule has 0 saturated heterocycles. The molecular formula is C18H23NO. The summed E-state index contributed by atoms with van der Waals surface area (Å²) in [6.07, 6.45) is 1.02. The highest BCUT2D eigenvalue weighted by Crippen LogP contribution is 2.25. The standard InChI is InChI=1S/C18H23NO/c1-4-11-20-18-8-6-5-7-17(18)19-13-16-10-9-14(2)12-15(16)3/h5-10,12,19H,4,11,13H2,1-3H3. The Morgan fingerprint density at radius 3 is 2.60 bits per heavy atom. The fourth-order valence-electron chi connectivity index (χ4n) is 2.19. The van der Waals surface area contributed by atoms with E-state index in [0.717, 1.165) is 31.0 Å². The zero-order valence-corrected chi connectivity index (χ0v) is 12.6. The lowest BCUT2D eigenvalue weighted by molar-refractivity contribution is 0.319. The van der Waals surface area contributed by atoms with Gasteiger partial charge in [-0.1, -0.05) is 42.8 Å². The molecule has 2 nitrogen and oxygen atoms in total. The molecule has 106 valence electrons. The van der Waals surface area contributed by atoms with Crippen molar-refractivity contribution >= 4 is 5.69 Å². The Morgan fingerprint density at radius 1 is 1.05 bits per heavy atom. The number of anilines is 1. The van der Waals surface area contributed by atoms with Crippen LogP contribution in [0.15, 0.2) is 42.5 Å². The highest BCUT2D eigenvalue weighted by atomic mass is 16.5. The fraction of sp³-hybridized carbons (Fsp3) is 0.333. The van der Waals surface area contributed by atoms with Crippen LogP contribution in [0.1, 0.15) is 30.0 Å². The maximum atomic E-state index is 5.76. The molecule has 0 fully saturated rings. The molecule has 2 rings (SSSR count). The van der Waals surface area contributed by atoms with Gasteiger partial charge in [-0.2, -0.15) is 0 Å². The van der Waals surface area contributed by atoms with Crippen molar-refractivity contribution in [1.29, 1.82) is 0 Å². The molecule has 0 aliphatic carbocycles. The van der Waals surface area contributed by atoms with E-state index in [0.29, 0.717) is 0 Å². The molecule has 0 bridgehead atoms. The number of para-hydroxylation sites is 2. The van der Waals surface area contributed by atoms with Crippen LogP contribution in [0, 0.1) is 13.8 Å². The number of rotatable bonds is 6. The van der Waals surface area contributed by atoms with E-state index in [4.69, 9.17) is 4.74 Å².